The minimum Gasteiger partial charge on any atom is -0.496 e. The molecule has 8 nitrogen and oxygen atoms in total. The van der Waals surface area contributed by atoms with Gasteiger partial charge >= 0.3 is 5.97 Å². The zero-order chi connectivity index (χ0) is 20.4. The number of hydrogen-bond donors (Lipinski definition) is 2. The maximum absolute atomic E-state index is 14.0. The Morgan fingerprint density at radius 2 is 2.00 bits per heavy atom. The number of likely N-dealkylation sites (tertiary alicyclic amines) is 1. The smallest absolute Gasteiger partial charge is 0.306 e. The van der Waals surface area contributed by atoms with Gasteiger partial charge in [-0.05, 0) is 31.0 Å². The first-order chi connectivity index (χ1) is 13.3. The molecule has 0 atom stereocenters. The van der Waals surface area contributed by atoms with Crippen LogP contribution in [0.25, 0.3) is 10.9 Å². The number of halogens is 1. The Kier molecular flexibility index (Phi) is 5.53. The van der Waals surface area contributed by atoms with Crippen LogP contribution < -0.4 is 4.74 Å². The average molecular weight is 391 g/mol. The number of piperidine rings is 1. The van der Waals surface area contributed by atoms with E-state index in [1.807, 2.05) is 0 Å². The van der Waals surface area contributed by atoms with Crippen LogP contribution in [0.5, 0.6) is 5.75 Å². The molecule has 0 bridgehead atoms. The zero-order valence-corrected chi connectivity index (χ0v) is 15.7. The van der Waals surface area contributed by atoms with Gasteiger partial charge in [0.15, 0.2) is 0 Å². The number of aromatic nitrogens is 1. The zero-order valence-electron chi connectivity index (χ0n) is 15.7. The number of nitrogens with zero attached hydrogens (tertiary/aromatic N) is 2. The summed E-state index contributed by atoms with van der Waals surface area (Å²) in [5, 5.41) is 9.47. The van der Waals surface area contributed by atoms with E-state index in [4.69, 9.17) is 9.84 Å². The van der Waals surface area contributed by atoms with Crippen LogP contribution in [0.4, 0.5) is 4.39 Å². The quantitative estimate of drug-likeness (QED) is 0.808. The number of likely N-dealkylation sites (N-methyl/N-ethyl adjacent to an activating group) is 1. The van der Waals surface area contributed by atoms with Crippen LogP contribution in [-0.4, -0.2) is 71.5 Å². The van der Waals surface area contributed by atoms with Crippen molar-refractivity contribution >= 4 is 28.7 Å². The summed E-state index contributed by atoms with van der Waals surface area (Å²) in [4.78, 5) is 41.7. The number of fused-ring (bicyclic) bond motifs is 1. The van der Waals surface area contributed by atoms with Gasteiger partial charge in [-0.2, -0.15) is 0 Å². The lowest BCUT2D eigenvalue weighted by Crippen LogP contribution is -2.45. The molecule has 0 radical (unpaired) electrons. The van der Waals surface area contributed by atoms with E-state index in [0.717, 1.165) is 0 Å². The number of H-pyrrole nitrogens is 1. The minimum absolute atomic E-state index is 0.147. The number of carboxylic acid groups (broad SMARTS) is 1. The Balaban J connectivity index is 1.68. The lowest BCUT2D eigenvalue weighted by Gasteiger charge is -2.31. The summed E-state index contributed by atoms with van der Waals surface area (Å²) in [6, 6.07) is 4.23. The third kappa shape index (κ3) is 3.78. The normalized spacial score (nSPS) is 14.9. The van der Waals surface area contributed by atoms with E-state index in [2.05, 4.69) is 4.98 Å². The van der Waals surface area contributed by atoms with Crippen molar-refractivity contribution in [3.05, 3.63) is 29.7 Å². The fraction of sp³-hybridized carbons (Fsp3) is 0.421. The molecule has 28 heavy (non-hydrogen) atoms. The number of ether oxygens (including phenoxy) is 1. The maximum Gasteiger partial charge on any atom is 0.306 e. The van der Waals surface area contributed by atoms with E-state index in [-0.39, 0.29) is 23.7 Å². The first-order valence-corrected chi connectivity index (χ1v) is 8.93. The Morgan fingerprint density at radius 3 is 2.61 bits per heavy atom. The van der Waals surface area contributed by atoms with Crippen molar-refractivity contribution in [2.45, 2.75) is 12.8 Å². The standard InChI is InChI=1S/C19H22FN3O5/c1-22(10-16(24)23-7-5-11(6-8-23)19(26)27)18(25)14-9-12-15(28-2)4-3-13(20)17(12)21-14/h3-4,9,11,21H,5-8,10H2,1-2H3,(H,26,27). The van der Waals surface area contributed by atoms with Gasteiger partial charge in [0, 0.05) is 25.5 Å². The lowest BCUT2D eigenvalue weighted by molar-refractivity contribution is -0.145. The summed E-state index contributed by atoms with van der Waals surface area (Å²) < 4.78 is 19.2. The van der Waals surface area contributed by atoms with Crippen LogP contribution in [0.2, 0.25) is 0 Å². The Hall–Kier alpha value is -3.10. The van der Waals surface area contributed by atoms with Gasteiger partial charge in [0.1, 0.15) is 17.3 Å². The van der Waals surface area contributed by atoms with Crippen LogP contribution >= 0.6 is 0 Å². The number of carbonyl (C=O) groups excluding carboxylic acids is 2. The van der Waals surface area contributed by atoms with Gasteiger partial charge in [-0.3, -0.25) is 14.4 Å². The first-order valence-electron chi connectivity index (χ1n) is 8.93. The van der Waals surface area contributed by atoms with Crippen molar-refractivity contribution in [2.75, 3.05) is 33.8 Å². The van der Waals surface area contributed by atoms with E-state index in [0.29, 0.717) is 37.1 Å². The third-order valence-electron chi connectivity index (χ3n) is 5.07. The topological polar surface area (TPSA) is 103 Å². The van der Waals surface area contributed by atoms with Crippen molar-refractivity contribution in [2.24, 2.45) is 5.92 Å². The molecule has 2 N–H and O–H groups in total. The molecule has 2 heterocycles. The summed E-state index contributed by atoms with van der Waals surface area (Å²) >= 11 is 0. The molecule has 0 unspecified atom stereocenters. The molecule has 9 heteroatoms. The van der Waals surface area contributed by atoms with E-state index >= 15 is 0 Å². The van der Waals surface area contributed by atoms with Crippen LogP contribution in [0, 0.1) is 11.7 Å². The summed E-state index contributed by atoms with van der Waals surface area (Å²) in [6.45, 7) is 0.560. The molecule has 0 spiro atoms. The Bertz CT molecular complexity index is 918. The summed E-state index contributed by atoms with van der Waals surface area (Å²) in [5.74, 6) is -2.05. The predicted octanol–water partition coefficient (Wildman–Crippen LogP) is 1.71. The SMILES string of the molecule is COc1ccc(F)c2[nH]c(C(=O)N(C)CC(=O)N3CCC(C(=O)O)CC3)cc12. The molecule has 1 fully saturated rings. The van der Waals surface area contributed by atoms with E-state index < -0.39 is 23.6 Å². The number of rotatable bonds is 5. The number of nitrogens with one attached hydrogen (secondary N) is 1. The van der Waals surface area contributed by atoms with Crippen molar-refractivity contribution in [1.29, 1.82) is 0 Å². The van der Waals surface area contributed by atoms with Crippen molar-refractivity contribution in [3.63, 3.8) is 0 Å². The van der Waals surface area contributed by atoms with Gasteiger partial charge in [-0.1, -0.05) is 0 Å². The molecular formula is C19H22FN3O5. The van der Waals surface area contributed by atoms with Crippen molar-refractivity contribution in [3.8, 4) is 5.75 Å². The van der Waals surface area contributed by atoms with Gasteiger partial charge in [-0.25, -0.2) is 4.39 Å². The predicted molar refractivity (Wildman–Crippen MR) is 98.7 cm³/mol. The second-order valence-electron chi connectivity index (χ2n) is 6.88. The Morgan fingerprint density at radius 1 is 1.32 bits per heavy atom. The molecule has 2 aromatic rings. The highest BCUT2D eigenvalue weighted by Crippen LogP contribution is 2.28. The van der Waals surface area contributed by atoms with Gasteiger partial charge in [0.2, 0.25) is 5.91 Å². The van der Waals surface area contributed by atoms with E-state index in [9.17, 15) is 18.8 Å². The number of aromatic amines is 1. The van der Waals surface area contributed by atoms with E-state index in [1.165, 1.54) is 37.3 Å². The van der Waals surface area contributed by atoms with Crippen molar-refractivity contribution in [1.82, 2.24) is 14.8 Å². The number of carbonyl (C=O) groups is 3. The van der Waals surface area contributed by atoms with Gasteiger partial charge in [0.25, 0.3) is 5.91 Å². The molecule has 1 aromatic carbocycles. The van der Waals surface area contributed by atoms with Gasteiger partial charge < -0.3 is 24.6 Å². The monoisotopic (exact) mass is 391 g/mol. The number of amides is 2. The highest BCUT2D eigenvalue weighted by molar-refractivity contribution is 6.01. The lowest BCUT2D eigenvalue weighted by atomic mass is 9.97. The summed E-state index contributed by atoms with van der Waals surface area (Å²) in [7, 11) is 2.95. The molecule has 1 saturated heterocycles. The summed E-state index contributed by atoms with van der Waals surface area (Å²) in [6.07, 6.45) is 0.805. The van der Waals surface area contributed by atoms with Gasteiger partial charge in [-0.15, -0.1) is 0 Å². The minimum atomic E-state index is -0.846. The van der Waals surface area contributed by atoms with Crippen LogP contribution in [-0.2, 0) is 9.59 Å². The third-order valence-corrected chi connectivity index (χ3v) is 5.07. The molecule has 0 aliphatic carbocycles. The van der Waals surface area contributed by atoms with Crippen LogP contribution in [0.3, 0.4) is 0 Å². The number of benzene rings is 1. The second-order valence-corrected chi connectivity index (χ2v) is 6.88. The van der Waals surface area contributed by atoms with Gasteiger partial charge in [0.05, 0.1) is 25.1 Å². The fourth-order valence-corrected chi connectivity index (χ4v) is 3.41. The first kappa shape index (κ1) is 19.7. The molecule has 1 aliphatic rings. The van der Waals surface area contributed by atoms with Crippen LogP contribution in [0.1, 0.15) is 23.3 Å². The number of carboxylic acids is 1. The largest absolute Gasteiger partial charge is 0.496 e. The number of hydrogen-bond acceptors (Lipinski definition) is 4. The second kappa shape index (κ2) is 7.87. The fourth-order valence-electron chi connectivity index (χ4n) is 3.41. The van der Waals surface area contributed by atoms with E-state index in [1.54, 1.807) is 4.90 Å². The molecule has 150 valence electrons. The number of aliphatic carboxylic acids is 1. The molecular weight excluding hydrogens is 369 g/mol. The highest BCUT2D eigenvalue weighted by Gasteiger charge is 2.28. The summed E-state index contributed by atoms with van der Waals surface area (Å²) in [5.41, 5.74) is 0.316. The molecule has 1 aromatic heterocycles. The molecule has 1 aliphatic heterocycles. The molecule has 0 saturated carbocycles. The average Bonchev–Trinajstić information content (AvgIpc) is 3.14. The highest BCUT2D eigenvalue weighted by atomic mass is 19.1. The van der Waals surface area contributed by atoms with Crippen LogP contribution in [0.15, 0.2) is 18.2 Å². The molecule has 2 amide bonds. The van der Waals surface area contributed by atoms with Crippen molar-refractivity contribution < 1.29 is 28.6 Å². The maximum atomic E-state index is 14.0. The Labute approximate surface area is 160 Å². The molecule has 3 rings (SSSR count). The number of methoxy groups -OCH3 is 1.